The number of hydrogen-bond acceptors (Lipinski definition) is 2. The summed E-state index contributed by atoms with van der Waals surface area (Å²) in [7, 11) is 0. The van der Waals surface area contributed by atoms with Gasteiger partial charge in [-0.05, 0) is 5.56 Å². The molecule has 2 heteroatoms. The van der Waals surface area contributed by atoms with E-state index in [-0.39, 0.29) is 0 Å². The van der Waals surface area contributed by atoms with E-state index in [9.17, 15) is 0 Å². The molecule has 59 valence electrons. The Hall–Kier alpha value is -1.57. The summed E-state index contributed by atoms with van der Waals surface area (Å²) in [6.07, 6.45) is 3.53. The van der Waals surface area contributed by atoms with Gasteiger partial charge in [-0.1, -0.05) is 35.5 Å². The van der Waals surface area contributed by atoms with Crippen LogP contribution in [0.3, 0.4) is 0 Å². The first-order chi connectivity index (χ1) is 5.95. The Kier molecular flexibility index (Phi) is 1.90. The maximum absolute atomic E-state index is 4.71. The number of nitrogens with zero attached hydrogens (tertiary/aromatic N) is 1. The highest BCUT2D eigenvalue weighted by atomic mass is 16.5. The third kappa shape index (κ3) is 1.53. The van der Waals surface area contributed by atoms with Gasteiger partial charge < -0.3 is 4.52 Å². The molecule has 1 aromatic carbocycles. The fourth-order valence-electron chi connectivity index (χ4n) is 1.02. The first kappa shape index (κ1) is 7.10. The maximum Gasteiger partial charge on any atom is 0.124 e. The molecule has 0 fully saturated rings. The zero-order valence-electron chi connectivity index (χ0n) is 6.47. The molecule has 1 aromatic heterocycles. The summed E-state index contributed by atoms with van der Waals surface area (Å²) in [5.41, 5.74) is 1.98. The molecular formula is C10H8NO. The van der Waals surface area contributed by atoms with Gasteiger partial charge in [0.15, 0.2) is 0 Å². The first-order valence-corrected chi connectivity index (χ1v) is 3.75. The average molecular weight is 158 g/mol. The normalized spacial score (nSPS) is 10.0. The average Bonchev–Trinajstić information content (AvgIpc) is 2.59. The fraction of sp³-hybridized carbons (Fsp3) is 0. The van der Waals surface area contributed by atoms with Gasteiger partial charge >= 0.3 is 0 Å². The highest BCUT2D eigenvalue weighted by Crippen LogP contribution is 2.08. The zero-order chi connectivity index (χ0) is 8.23. The molecule has 0 atom stereocenters. The Balaban J connectivity index is 2.15. The molecule has 1 heterocycles. The minimum Gasteiger partial charge on any atom is -0.364 e. The molecular weight excluding hydrogens is 150 g/mol. The lowest BCUT2D eigenvalue weighted by Gasteiger charge is -1.93. The van der Waals surface area contributed by atoms with Gasteiger partial charge in [-0.2, -0.15) is 0 Å². The van der Waals surface area contributed by atoms with E-state index in [4.69, 9.17) is 4.52 Å². The molecule has 0 bridgehead atoms. The van der Waals surface area contributed by atoms with Gasteiger partial charge in [-0.25, -0.2) is 0 Å². The van der Waals surface area contributed by atoms with Crippen molar-refractivity contribution >= 4 is 0 Å². The third-order valence-electron chi connectivity index (χ3n) is 1.57. The highest BCUT2D eigenvalue weighted by Gasteiger charge is 1.97. The van der Waals surface area contributed by atoms with Gasteiger partial charge in [-0.3, -0.25) is 0 Å². The summed E-state index contributed by atoms with van der Waals surface area (Å²) < 4.78 is 4.71. The van der Waals surface area contributed by atoms with E-state index in [0.29, 0.717) is 0 Å². The van der Waals surface area contributed by atoms with E-state index in [0.717, 1.165) is 11.3 Å². The quantitative estimate of drug-likeness (QED) is 0.670. The van der Waals surface area contributed by atoms with Crippen LogP contribution in [0.2, 0.25) is 0 Å². The Morgan fingerprint density at radius 2 is 1.92 bits per heavy atom. The van der Waals surface area contributed by atoms with E-state index in [2.05, 4.69) is 5.16 Å². The number of rotatable bonds is 2. The lowest BCUT2D eigenvalue weighted by Crippen LogP contribution is -1.82. The van der Waals surface area contributed by atoms with Crippen molar-refractivity contribution in [2.24, 2.45) is 0 Å². The van der Waals surface area contributed by atoms with Crippen LogP contribution in [-0.2, 0) is 0 Å². The molecule has 0 saturated carbocycles. The van der Waals surface area contributed by atoms with Crippen LogP contribution in [0.5, 0.6) is 0 Å². The van der Waals surface area contributed by atoms with Crippen molar-refractivity contribution in [3.8, 4) is 0 Å². The van der Waals surface area contributed by atoms with E-state index < -0.39 is 0 Å². The molecule has 2 rings (SSSR count). The van der Waals surface area contributed by atoms with Gasteiger partial charge in [-0.15, -0.1) is 0 Å². The fourth-order valence-corrected chi connectivity index (χ4v) is 1.02. The van der Waals surface area contributed by atoms with Crippen molar-refractivity contribution < 1.29 is 4.52 Å². The van der Waals surface area contributed by atoms with Crippen molar-refractivity contribution in [1.29, 1.82) is 0 Å². The molecule has 2 aromatic rings. The maximum atomic E-state index is 4.71. The van der Waals surface area contributed by atoms with Crippen molar-refractivity contribution in [3.63, 3.8) is 0 Å². The molecule has 12 heavy (non-hydrogen) atoms. The predicted octanol–water partition coefficient (Wildman–Crippen LogP) is 2.28. The van der Waals surface area contributed by atoms with Crippen molar-refractivity contribution in [1.82, 2.24) is 5.16 Å². The van der Waals surface area contributed by atoms with Gasteiger partial charge in [0.2, 0.25) is 0 Å². The standard InChI is InChI=1S/C10H8NO/c1-2-4-9(5-3-1)8-10-6-7-12-11-10/h1-8H. The Morgan fingerprint density at radius 3 is 2.58 bits per heavy atom. The number of aromatic nitrogens is 1. The highest BCUT2D eigenvalue weighted by molar-refractivity contribution is 5.31. The second-order valence-electron chi connectivity index (χ2n) is 2.48. The smallest absolute Gasteiger partial charge is 0.124 e. The van der Waals surface area contributed by atoms with Crippen molar-refractivity contribution in [2.75, 3.05) is 0 Å². The SMILES string of the molecule is [CH](c1ccccc1)c1ccon1. The molecule has 0 aliphatic heterocycles. The van der Waals surface area contributed by atoms with E-state index in [1.54, 1.807) is 6.26 Å². The monoisotopic (exact) mass is 158 g/mol. The van der Waals surface area contributed by atoms with Crippen LogP contribution in [0.15, 0.2) is 47.2 Å². The van der Waals surface area contributed by atoms with Crippen LogP contribution in [-0.4, -0.2) is 5.16 Å². The topological polar surface area (TPSA) is 26.0 Å². The Morgan fingerprint density at radius 1 is 1.08 bits per heavy atom. The van der Waals surface area contributed by atoms with Gasteiger partial charge in [0, 0.05) is 12.5 Å². The summed E-state index contributed by atoms with van der Waals surface area (Å²) >= 11 is 0. The predicted molar refractivity (Wildman–Crippen MR) is 45.4 cm³/mol. The minimum absolute atomic E-state index is 0.848. The molecule has 0 aliphatic rings. The van der Waals surface area contributed by atoms with E-state index >= 15 is 0 Å². The third-order valence-corrected chi connectivity index (χ3v) is 1.57. The lowest BCUT2D eigenvalue weighted by atomic mass is 10.1. The molecule has 0 unspecified atom stereocenters. The van der Waals surface area contributed by atoms with Gasteiger partial charge in [0.05, 0.1) is 5.69 Å². The van der Waals surface area contributed by atoms with Crippen LogP contribution < -0.4 is 0 Å². The van der Waals surface area contributed by atoms with Crippen LogP contribution in [0.1, 0.15) is 11.3 Å². The molecule has 1 radical (unpaired) electrons. The van der Waals surface area contributed by atoms with Crippen LogP contribution in [0.4, 0.5) is 0 Å². The molecule has 0 N–H and O–H groups in total. The van der Waals surface area contributed by atoms with Crippen molar-refractivity contribution in [3.05, 3.63) is 60.3 Å². The lowest BCUT2D eigenvalue weighted by molar-refractivity contribution is 0.416. The number of benzene rings is 1. The summed E-state index contributed by atoms with van der Waals surface area (Å²) in [4.78, 5) is 0. The Labute approximate surface area is 70.8 Å². The molecule has 0 spiro atoms. The Bertz CT molecular complexity index is 326. The molecule has 0 aliphatic carbocycles. The first-order valence-electron chi connectivity index (χ1n) is 3.75. The van der Waals surface area contributed by atoms with Crippen LogP contribution >= 0.6 is 0 Å². The van der Waals surface area contributed by atoms with Crippen LogP contribution in [0, 0.1) is 6.42 Å². The summed E-state index contributed by atoms with van der Waals surface area (Å²) in [6, 6.07) is 11.8. The van der Waals surface area contributed by atoms with Gasteiger partial charge in [0.25, 0.3) is 0 Å². The van der Waals surface area contributed by atoms with Gasteiger partial charge in [0.1, 0.15) is 6.26 Å². The summed E-state index contributed by atoms with van der Waals surface area (Å²) in [5, 5.41) is 3.78. The molecule has 0 saturated heterocycles. The number of hydrogen-bond donors (Lipinski definition) is 0. The zero-order valence-corrected chi connectivity index (χ0v) is 6.47. The van der Waals surface area contributed by atoms with Crippen molar-refractivity contribution in [2.45, 2.75) is 0 Å². The van der Waals surface area contributed by atoms with Crippen LogP contribution in [0.25, 0.3) is 0 Å². The second kappa shape index (κ2) is 3.22. The summed E-state index contributed by atoms with van der Waals surface area (Å²) in [6.45, 7) is 0. The molecule has 2 nitrogen and oxygen atoms in total. The van der Waals surface area contributed by atoms with E-state index in [1.807, 2.05) is 42.8 Å². The minimum atomic E-state index is 0.848. The molecule has 0 amide bonds. The second-order valence-corrected chi connectivity index (χ2v) is 2.48. The largest absolute Gasteiger partial charge is 0.364 e. The summed E-state index contributed by atoms with van der Waals surface area (Å²) in [5.74, 6) is 0. The van der Waals surface area contributed by atoms with E-state index in [1.165, 1.54) is 0 Å².